The predicted octanol–water partition coefficient (Wildman–Crippen LogP) is 3.50. The zero-order valence-electron chi connectivity index (χ0n) is 10.8. The molecule has 4 heteroatoms. The first kappa shape index (κ1) is 12.7. The first-order chi connectivity index (χ1) is 8.99. The summed E-state index contributed by atoms with van der Waals surface area (Å²) in [6.45, 7) is 0. The molecule has 2 saturated carbocycles. The van der Waals surface area contributed by atoms with Crippen LogP contribution in [-0.4, -0.2) is 18.5 Å². The molecule has 0 heterocycles. The van der Waals surface area contributed by atoms with Crippen molar-refractivity contribution in [2.24, 2.45) is 5.41 Å². The van der Waals surface area contributed by atoms with E-state index in [0.717, 1.165) is 43.9 Å². The van der Waals surface area contributed by atoms with Crippen molar-refractivity contribution in [3.05, 3.63) is 35.4 Å². The number of Topliss-reactive ketones (excluding diaryl/α,β-unsaturated/α-hetero) is 1. The summed E-state index contributed by atoms with van der Waals surface area (Å²) in [6, 6.07) is 3.05. The molecule has 1 aromatic rings. The number of fused-ring (bicyclic) bond motifs is 2. The molecule has 19 heavy (non-hydrogen) atoms. The first-order valence-electron chi connectivity index (χ1n) is 6.55. The third kappa shape index (κ3) is 1.89. The van der Waals surface area contributed by atoms with Crippen molar-refractivity contribution in [1.82, 2.24) is 0 Å². The number of ketones is 1. The fourth-order valence-electron chi connectivity index (χ4n) is 3.73. The Bertz CT molecular complexity index is 511. The normalized spacial score (nSPS) is 32.8. The van der Waals surface area contributed by atoms with Gasteiger partial charge in [0.15, 0.2) is 5.78 Å². The second kappa shape index (κ2) is 4.10. The summed E-state index contributed by atoms with van der Waals surface area (Å²) >= 11 is 0. The molecule has 0 spiro atoms. The summed E-state index contributed by atoms with van der Waals surface area (Å²) in [4.78, 5) is 12.6. The quantitative estimate of drug-likeness (QED) is 0.783. The fourth-order valence-corrected chi connectivity index (χ4v) is 3.73. The molecule has 0 aromatic heterocycles. The van der Waals surface area contributed by atoms with Crippen LogP contribution in [0.4, 0.5) is 8.78 Å². The van der Waals surface area contributed by atoms with Crippen LogP contribution >= 0.6 is 0 Å². The third-order valence-corrected chi connectivity index (χ3v) is 4.82. The van der Waals surface area contributed by atoms with Crippen LogP contribution in [0.2, 0.25) is 0 Å². The lowest BCUT2D eigenvalue weighted by Gasteiger charge is -2.26. The number of methoxy groups -OCH3 is 1. The summed E-state index contributed by atoms with van der Waals surface area (Å²) in [5.41, 5.74) is -0.524. The number of carbonyl (C=O) groups is 1. The zero-order valence-corrected chi connectivity index (χ0v) is 10.8. The highest BCUT2D eigenvalue weighted by Gasteiger charge is 2.58. The van der Waals surface area contributed by atoms with Crippen molar-refractivity contribution in [2.75, 3.05) is 7.11 Å². The minimum atomic E-state index is -0.700. The number of carbonyl (C=O) groups excluding carboxylic acids is 1. The standard InChI is InChI=1S/C15H16F2O2/c1-19-15-4-2-14(9-15,3-5-15)13(18)10-6-11(16)8-12(17)7-10/h6-8H,2-5,9H2,1H3. The van der Waals surface area contributed by atoms with Crippen molar-refractivity contribution >= 4 is 5.78 Å². The van der Waals surface area contributed by atoms with E-state index in [2.05, 4.69) is 0 Å². The van der Waals surface area contributed by atoms with Gasteiger partial charge in [0, 0.05) is 24.2 Å². The summed E-state index contributed by atoms with van der Waals surface area (Å²) in [5, 5.41) is 0. The first-order valence-corrected chi connectivity index (χ1v) is 6.55. The van der Waals surface area contributed by atoms with Crippen LogP contribution in [0.15, 0.2) is 18.2 Å². The number of ether oxygens (including phenoxy) is 1. The minimum Gasteiger partial charge on any atom is -0.378 e. The molecule has 0 saturated heterocycles. The van der Waals surface area contributed by atoms with E-state index in [4.69, 9.17) is 4.74 Å². The summed E-state index contributed by atoms with van der Waals surface area (Å²) in [7, 11) is 1.67. The van der Waals surface area contributed by atoms with Crippen LogP contribution in [0.1, 0.15) is 42.5 Å². The molecule has 2 aliphatic rings. The highest BCUT2D eigenvalue weighted by Crippen LogP contribution is 2.59. The van der Waals surface area contributed by atoms with Crippen LogP contribution in [0.3, 0.4) is 0 Å². The predicted molar refractivity (Wildman–Crippen MR) is 65.9 cm³/mol. The topological polar surface area (TPSA) is 26.3 Å². The number of rotatable bonds is 3. The van der Waals surface area contributed by atoms with Gasteiger partial charge in [0.25, 0.3) is 0 Å². The molecule has 1 aromatic carbocycles. The molecule has 0 radical (unpaired) electrons. The maximum atomic E-state index is 13.2. The van der Waals surface area contributed by atoms with E-state index in [9.17, 15) is 13.6 Å². The molecule has 0 atom stereocenters. The van der Waals surface area contributed by atoms with Crippen molar-refractivity contribution in [2.45, 2.75) is 37.7 Å². The van der Waals surface area contributed by atoms with Gasteiger partial charge in [-0.25, -0.2) is 8.78 Å². The van der Waals surface area contributed by atoms with Crippen molar-refractivity contribution in [1.29, 1.82) is 0 Å². The monoisotopic (exact) mass is 266 g/mol. The number of benzene rings is 1. The van der Waals surface area contributed by atoms with E-state index >= 15 is 0 Å². The van der Waals surface area contributed by atoms with Crippen molar-refractivity contribution < 1.29 is 18.3 Å². The van der Waals surface area contributed by atoms with E-state index in [1.54, 1.807) is 7.11 Å². The second-order valence-electron chi connectivity index (χ2n) is 5.83. The van der Waals surface area contributed by atoms with Gasteiger partial charge < -0.3 is 4.74 Å². The Balaban J connectivity index is 1.93. The number of hydrogen-bond donors (Lipinski definition) is 0. The molecule has 0 N–H and O–H groups in total. The maximum absolute atomic E-state index is 13.2. The SMILES string of the molecule is COC12CCC(C(=O)c3cc(F)cc(F)c3)(CC1)C2. The lowest BCUT2D eigenvalue weighted by Crippen LogP contribution is -2.26. The number of halogens is 2. The van der Waals surface area contributed by atoms with Gasteiger partial charge in [0.2, 0.25) is 0 Å². The van der Waals surface area contributed by atoms with Crippen molar-refractivity contribution in [3.63, 3.8) is 0 Å². The van der Waals surface area contributed by atoms with Gasteiger partial charge in [-0.1, -0.05) is 0 Å². The third-order valence-electron chi connectivity index (χ3n) is 4.82. The van der Waals surface area contributed by atoms with E-state index in [1.807, 2.05) is 0 Å². The lowest BCUT2D eigenvalue weighted by atomic mass is 9.77. The van der Waals surface area contributed by atoms with E-state index < -0.39 is 17.0 Å². The molecule has 3 rings (SSSR count). The van der Waals surface area contributed by atoms with Crippen LogP contribution < -0.4 is 0 Å². The van der Waals surface area contributed by atoms with Gasteiger partial charge in [-0.3, -0.25) is 4.79 Å². The Kier molecular flexibility index (Phi) is 2.75. The molecule has 0 aliphatic heterocycles. The van der Waals surface area contributed by atoms with Gasteiger partial charge in [0.05, 0.1) is 5.60 Å². The molecule has 2 aliphatic carbocycles. The molecule has 102 valence electrons. The summed E-state index contributed by atoms with van der Waals surface area (Å²) < 4.78 is 32.0. The molecule has 2 bridgehead atoms. The molecule has 0 unspecified atom stereocenters. The second-order valence-corrected chi connectivity index (χ2v) is 5.83. The summed E-state index contributed by atoms with van der Waals surface area (Å²) in [6.07, 6.45) is 3.88. The smallest absolute Gasteiger partial charge is 0.169 e. The summed E-state index contributed by atoms with van der Waals surface area (Å²) in [5.74, 6) is -1.54. The average molecular weight is 266 g/mol. The van der Waals surface area contributed by atoms with Gasteiger partial charge in [0.1, 0.15) is 11.6 Å². The highest BCUT2D eigenvalue weighted by atomic mass is 19.1. The highest BCUT2D eigenvalue weighted by molar-refractivity contribution is 6.01. The maximum Gasteiger partial charge on any atom is 0.169 e. The Morgan fingerprint density at radius 2 is 1.68 bits per heavy atom. The average Bonchev–Trinajstić information content (AvgIpc) is 2.94. The largest absolute Gasteiger partial charge is 0.378 e. The van der Waals surface area contributed by atoms with Gasteiger partial charge >= 0.3 is 0 Å². The van der Waals surface area contributed by atoms with E-state index in [1.165, 1.54) is 0 Å². The van der Waals surface area contributed by atoms with Gasteiger partial charge in [-0.2, -0.15) is 0 Å². The Morgan fingerprint density at radius 1 is 1.11 bits per heavy atom. The Hall–Kier alpha value is -1.29. The van der Waals surface area contributed by atoms with E-state index in [0.29, 0.717) is 6.42 Å². The lowest BCUT2D eigenvalue weighted by molar-refractivity contribution is -0.000360. The van der Waals surface area contributed by atoms with Gasteiger partial charge in [-0.15, -0.1) is 0 Å². The fraction of sp³-hybridized carbons (Fsp3) is 0.533. The Labute approximate surface area is 110 Å². The van der Waals surface area contributed by atoms with Crippen LogP contribution in [0.25, 0.3) is 0 Å². The molecular formula is C15H16F2O2. The zero-order chi connectivity index (χ0) is 13.7. The molecule has 2 fully saturated rings. The van der Waals surface area contributed by atoms with Crippen LogP contribution in [0.5, 0.6) is 0 Å². The number of hydrogen-bond acceptors (Lipinski definition) is 2. The molecule has 0 amide bonds. The van der Waals surface area contributed by atoms with Crippen LogP contribution in [-0.2, 0) is 4.74 Å². The van der Waals surface area contributed by atoms with Gasteiger partial charge in [-0.05, 0) is 44.2 Å². The van der Waals surface area contributed by atoms with E-state index in [-0.39, 0.29) is 16.9 Å². The molecular weight excluding hydrogens is 250 g/mol. The van der Waals surface area contributed by atoms with Crippen molar-refractivity contribution in [3.8, 4) is 0 Å². The van der Waals surface area contributed by atoms with Crippen LogP contribution in [0, 0.1) is 17.0 Å². The Morgan fingerprint density at radius 3 is 2.16 bits per heavy atom. The minimum absolute atomic E-state index is 0.137. The molecule has 2 nitrogen and oxygen atoms in total.